The Kier molecular flexibility index (Phi) is 3.69. The van der Waals surface area contributed by atoms with E-state index in [4.69, 9.17) is 4.74 Å². The van der Waals surface area contributed by atoms with Crippen molar-refractivity contribution in [3.05, 3.63) is 29.6 Å². The van der Waals surface area contributed by atoms with Gasteiger partial charge < -0.3 is 10.1 Å². The highest BCUT2D eigenvalue weighted by atomic mass is 32.1. The van der Waals surface area contributed by atoms with E-state index in [9.17, 15) is 4.79 Å². The van der Waals surface area contributed by atoms with E-state index in [2.05, 4.69) is 10.3 Å². The largest absolute Gasteiger partial charge is 0.490 e. The molecule has 3 rings (SSSR count). The van der Waals surface area contributed by atoms with Crippen molar-refractivity contribution in [3.63, 3.8) is 0 Å². The molecular weight excluding hydrogens is 272 g/mol. The number of aromatic nitrogens is 1. The Morgan fingerprint density at radius 3 is 3.10 bits per heavy atom. The summed E-state index contributed by atoms with van der Waals surface area (Å²) < 4.78 is 5.78. The molecule has 1 aromatic carbocycles. The second-order valence-corrected chi connectivity index (χ2v) is 5.64. The third-order valence-corrected chi connectivity index (χ3v) is 3.79. The van der Waals surface area contributed by atoms with Gasteiger partial charge in [0, 0.05) is 17.4 Å². The zero-order valence-electron chi connectivity index (χ0n) is 11.3. The molecule has 20 heavy (non-hydrogen) atoms. The molecule has 4 nitrogen and oxygen atoms in total. The van der Waals surface area contributed by atoms with E-state index in [0.29, 0.717) is 17.7 Å². The molecule has 0 spiro atoms. The van der Waals surface area contributed by atoms with Crippen LogP contribution in [0.15, 0.2) is 29.6 Å². The Morgan fingerprint density at radius 2 is 2.35 bits per heavy atom. The van der Waals surface area contributed by atoms with Crippen LogP contribution >= 0.6 is 11.3 Å². The van der Waals surface area contributed by atoms with E-state index in [1.165, 1.54) is 11.3 Å². The molecule has 1 aromatic heterocycles. The summed E-state index contributed by atoms with van der Waals surface area (Å²) >= 11 is 1.44. The van der Waals surface area contributed by atoms with Crippen molar-refractivity contribution in [2.45, 2.75) is 32.3 Å². The first-order valence-corrected chi connectivity index (χ1v) is 7.65. The van der Waals surface area contributed by atoms with Gasteiger partial charge in [0.05, 0.1) is 11.8 Å². The molecule has 2 aromatic rings. The summed E-state index contributed by atoms with van der Waals surface area (Å²) in [7, 11) is 0. The lowest BCUT2D eigenvalue weighted by Gasteiger charge is -2.05. The van der Waals surface area contributed by atoms with Crippen LogP contribution in [0.2, 0.25) is 0 Å². The maximum atomic E-state index is 11.3. The number of carbonyl (C=O) groups excluding carboxylic acids is 1. The van der Waals surface area contributed by atoms with Crippen molar-refractivity contribution in [1.82, 2.24) is 4.98 Å². The maximum Gasteiger partial charge on any atom is 0.225 e. The molecule has 0 bridgehead atoms. The van der Waals surface area contributed by atoms with Crippen LogP contribution in [0.1, 0.15) is 26.2 Å². The van der Waals surface area contributed by atoms with Gasteiger partial charge in [0.25, 0.3) is 0 Å². The fraction of sp³-hybridized carbons (Fsp3) is 0.333. The zero-order chi connectivity index (χ0) is 13.9. The standard InChI is InChI=1S/C15H16N2O2S/c1-2-14(18)17-15-16-13(9-20-15)10-4-3-5-12(8-10)19-11-6-7-11/h3-5,8-9,11H,2,6-7H2,1H3,(H,16,17,18). The van der Waals surface area contributed by atoms with Crippen molar-refractivity contribution < 1.29 is 9.53 Å². The minimum atomic E-state index is -0.0169. The number of hydrogen-bond donors (Lipinski definition) is 1. The molecule has 0 unspecified atom stereocenters. The van der Waals surface area contributed by atoms with Crippen LogP contribution in [0.5, 0.6) is 5.75 Å². The zero-order valence-corrected chi connectivity index (χ0v) is 12.1. The van der Waals surface area contributed by atoms with Gasteiger partial charge in [-0.2, -0.15) is 0 Å². The molecule has 1 aliphatic carbocycles. The summed E-state index contributed by atoms with van der Waals surface area (Å²) in [6, 6.07) is 7.93. The molecule has 1 saturated carbocycles. The van der Waals surface area contributed by atoms with Gasteiger partial charge in [-0.1, -0.05) is 19.1 Å². The van der Waals surface area contributed by atoms with E-state index in [0.717, 1.165) is 29.8 Å². The smallest absolute Gasteiger partial charge is 0.225 e. The number of hydrogen-bond acceptors (Lipinski definition) is 4. The van der Waals surface area contributed by atoms with E-state index in [1.54, 1.807) is 0 Å². The molecule has 1 amide bonds. The first-order chi connectivity index (χ1) is 9.74. The number of nitrogens with zero attached hydrogens (tertiary/aromatic N) is 1. The Labute approximate surface area is 121 Å². The molecule has 0 saturated heterocycles. The van der Waals surface area contributed by atoms with Gasteiger partial charge in [-0.3, -0.25) is 4.79 Å². The van der Waals surface area contributed by atoms with Crippen LogP contribution < -0.4 is 10.1 Å². The number of carbonyl (C=O) groups is 1. The van der Waals surface area contributed by atoms with E-state index >= 15 is 0 Å². The van der Waals surface area contributed by atoms with Crippen LogP contribution in [0.3, 0.4) is 0 Å². The Hall–Kier alpha value is -1.88. The minimum Gasteiger partial charge on any atom is -0.490 e. The summed E-state index contributed by atoms with van der Waals surface area (Å²) in [6.45, 7) is 1.82. The average Bonchev–Trinajstić information content (AvgIpc) is 3.15. The van der Waals surface area contributed by atoms with E-state index in [1.807, 2.05) is 36.6 Å². The fourth-order valence-electron chi connectivity index (χ4n) is 1.78. The fourth-order valence-corrected chi connectivity index (χ4v) is 2.51. The topological polar surface area (TPSA) is 51.2 Å². The lowest BCUT2D eigenvalue weighted by atomic mass is 10.2. The number of thiazole rings is 1. The average molecular weight is 288 g/mol. The van der Waals surface area contributed by atoms with Crippen molar-refractivity contribution >= 4 is 22.4 Å². The van der Waals surface area contributed by atoms with Crippen LogP contribution in [-0.2, 0) is 4.79 Å². The number of benzene rings is 1. The molecule has 0 radical (unpaired) electrons. The first-order valence-electron chi connectivity index (χ1n) is 6.77. The van der Waals surface area contributed by atoms with E-state index in [-0.39, 0.29) is 5.91 Å². The van der Waals surface area contributed by atoms with Gasteiger partial charge in [0.15, 0.2) is 5.13 Å². The van der Waals surface area contributed by atoms with Gasteiger partial charge in [0.1, 0.15) is 5.75 Å². The Bertz CT molecular complexity index is 620. The molecule has 1 fully saturated rings. The van der Waals surface area contributed by atoms with Crippen molar-refractivity contribution in [3.8, 4) is 17.0 Å². The highest BCUT2D eigenvalue weighted by Gasteiger charge is 2.23. The minimum absolute atomic E-state index is 0.0169. The number of rotatable bonds is 5. The highest BCUT2D eigenvalue weighted by molar-refractivity contribution is 7.14. The summed E-state index contributed by atoms with van der Waals surface area (Å²) in [6.07, 6.45) is 3.14. The number of nitrogens with one attached hydrogen (secondary N) is 1. The summed E-state index contributed by atoms with van der Waals surface area (Å²) in [5, 5.41) is 5.36. The predicted molar refractivity (Wildman–Crippen MR) is 80.1 cm³/mol. The molecule has 1 aliphatic rings. The third-order valence-electron chi connectivity index (χ3n) is 3.03. The molecule has 0 aliphatic heterocycles. The SMILES string of the molecule is CCC(=O)Nc1nc(-c2cccc(OC3CC3)c2)cs1. The van der Waals surface area contributed by atoms with Gasteiger partial charge >= 0.3 is 0 Å². The van der Waals surface area contributed by atoms with Crippen LogP contribution in [0, 0.1) is 0 Å². The van der Waals surface area contributed by atoms with Crippen LogP contribution in [0.25, 0.3) is 11.3 Å². The van der Waals surface area contributed by atoms with Gasteiger partial charge in [-0.25, -0.2) is 4.98 Å². The van der Waals surface area contributed by atoms with Gasteiger partial charge in [0.2, 0.25) is 5.91 Å². The number of ether oxygens (including phenoxy) is 1. The number of amides is 1. The molecular formula is C15H16N2O2S. The quantitative estimate of drug-likeness (QED) is 0.912. The highest BCUT2D eigenvalue weighted by Crippen LogP contribution is 2.31. The van der Waals surface area contributed by atoms with E-state index < -0.39 is 0 Å². The van der Waals surface area contributed by atoms with Crippen molar-refractivity contribution in [1.29, 1.82) is 0 Å². The molecule has 104 valence electrons. The second-order valence-electron chi connectivity index (χ2n) is 4.78. The number of anilines is 1. The third kappa shape index (κ3) is 3.17. The molecule has 5 heteroatoms. The van der Waals surface area contributed by atoms with Gasteiger partial charge in [-0.15, -0.1) is 11.3 Å². The van der Waals surface area contributed by atoms with Crippen LogP contribution in [0.4, 0.5) is 5.13 Å². The second kappa shape index (κ2) is 5.63. The lowest BCUT2D eigenvalue weighted by Crippen LogP contribution is -2.08. The monoisotopic (exact) mass is 288 g/mol. The Morgan fingerprint density at radius 1 is 1.50 bits per heavy atom. The van der Waals surface area contributed by atoms with Crippen LogP contribution in [-0.4, -0.2) is 17.0 Å². The predicted octanol–water partition coefficient (Wildman–Crippen LogP) is 3.70. The Balaban J connectivity index is 1.76. The van der Waals surface area contributed by atoms with Crippen molar-refractivity contribution in [2.24, 2.45) is 0 Å². The summed E-state index contributed by atoms with van der Waals surface area (Å²) in [4.78, 5) is 15.8. The summed E-state index contributed by atoms with van der Waals surface area (Å²) in [5.41, 5.74) is 1.87. The molecule has 0 atom stereocenters. The molecule has 1 heterocycles. The van der Waals surface area contributed by atoms with Gasteiger partial charge in [-0.05, 0) is 25.0 Å². The molecule has 1 N–H and O–H groups in total. The first kappa shape index (κ1) is 13.1. The van der Waals surface area contributed by atoms with Crippen molar-refractivity contribution in [2.75, 3.05) is 5.32 Å². The normalized spacial score (nSPS) is 14.1. The summed E-state index contributed by atoms with van der Waals surface area (Å²) in [5.74, 6) is 0.869. The maximum absolute atomic E-state index is 11.3. The lowest BCUT2D eigenvalue weighted by molar-refractivity contribution is -0.115.